The highest BCUT2D eigenvalue weighted by molar-refractivity contribution is 6.08. The molecule has 4 heteroatoms. The van der Waals surface area contributed by atoms with Crippen molar-refractivity contribution in [1.29, 1.82) is 0 Å². The standard InChI is InChI=1S/C21H21NO3/c1-3-22(4-2)16-10-9-15-13-17(25-21(15)14-16)11-12-20(24)18-7-5-6-8-19(18)23/h5-14,23H,3-4H2,1-2H3/b12-11+. The number of nitrogens with zero attached hydrogens (tertiary/aromatic N) is 1. The Kier molecular flexibility index (Phi) is 4.89. The molecule has 2 aromatic carbocycles. The Morgan fingerprint density at radius 1 is 1.12 bits per heavy atom. The predicted molar refractivity (Wildman–Crippen MR) is 101 cm³/mol. The number of ketones is 1. The van der Waals surface area contributed by atoms with Crippen LogP contribution in [-0.2, 0) is 0 Å². The third-order valence-electron chi connectivity index (χ3n) is 4.22. The van der Waals surface area contributed by atoms with Crippen molar-refractivity contribution in [2.24, 2.45) is 0 Å². The van der Waals surface area contributed by atoms with E-state index in [1.165, 1.54) is 12.1 Å². The van der Waals surface area contributed by atoms with Crippen LogP contribution in [0, 0.1) is 0 Å². The third-order valence-corrected chi connectivity index (χ3v) is 4.22. The van der Waals surface area contributed by atoms with Gasteiger partial charge in [0.15, 0.2) is 5.78 Å². The summed E-state index contributed by atoms with van der Waals surface area (Å²) in [5.41, 5.74) is 2.19. The van der Waals surface area contributed by atoms with Gasteiger partial charge in [0.25, 0.3) is 0 Å². The third kappa shape index (κ3) is 3.58. The molecule has 1 heterocycles. The normalized spacial score (nSPS) is 11.3. The minimum atomic E-state index is -0.262. The molecule has 0 spiro atoms. The molecular weight excluding hydrogens is 314 g/mol. The number of carbonyl (C=O) groups excluding carboxylic acids is 1. The van der Waals surface area contributed by atoms with Crippen LogP contribution in [0.15, 0.2) is 59.0 Å². The molecule has 0 aliphatic rings. The van der Waals surface area contributed by atoms with Crippen LogP contribution >= 0.6 is 0 Å². The summed E-state index contributed by atoms with van der Waals surface area (Å²) in [5, 5.41) is 10.7. The van der Waals surface area contributed by atoms with E-state index in [9.17, 15) is 9.90 Å². The van der Waals surface area contributed by atoms with Crippen LogP contribution < -0.4 is 4.90 Å². The van der Waals surface area contributed by atoms with Crippen LogP contribution in [0.3, 0.4) is 0 Å². The van der Waals surface area contributed by atoms with Gasteiger partial charge in [-0.25, -0.2) is 0 Å². The molecule has 3 rings (SSSR count). The second-order valence-corrected chi connectivity index (χ2v) is 5.76. The molecule has 0 unspecified atom stereocenters. The van der Waals surface area contributed by atoms with Gasteiger partial charge in [-0.3, -0.25) is 4.79 Å². The molecule has 3 aromatic rings. The summed E-state index contributed by atoms with van der Waals surface area (Å²) in [7, 11) is 0. The lowest BCUT2D eigenvalue weighted by Crippen LogP contribution is -2.21. The number of rotatable bonds is 6. The Hall–Kier alpha value is -3.01. The smallest absolute Gasteiger partial charge is 0.189 e. The first-order valence-corrected chi connectivity index (χ1v) is 8.41. The van der Waals surface area contributed by atoms with Crippen molar-refractivity contribution >= 4 is 28.5 Å². The van der Waals surface area contributed by atoms with Crippen molar-refractivity contribution in [3.8, 4) is 5.75 Å². The Labute approximate surface area is 147 Å². The largest absolute Gasteiger partial charge is 0.507 e. The number of aromatic hydroxyl groups is 1. The quantitative estimate of drug-likeness (QED) is 0.515. The van der Waals surface area contributed by atoms with E-state index in [1.54, 1.807) is 24.3 Å². The van der Waals surface area contributed by atoms with Crippen LogP contribution in [0.1, 0.15) is 30.0 Å². The van der Waals surface area contributed by atoms with E-state index in [1.807, 2.05) is 18.2 Å². The number of para-hydroxylation sites is 1. The molecule has 4 nitrogen and oxygen atoms in total. The van der Waals surface area contributed by atoms with E-state index in [2.05, 4.69) is 24.8 Å². The van der Waals surface area contributed by atoms with Gasteiger partial charge in [0, 0.05) is 30.2 Å². The van der Waals surface area contributed by atoms with Crippen molar-refractivity contribution in [2.45, 2.75) is 13.8 Å². The SMILES string of the molecule is CCN(CC)c1ccc2cc(/C=C/C(=O)c3ccccc3O)oc2c1. The van der Waals surface area contributed by atoms with E-state index in [0.29, 0.717) is 5.76 Å². The average Bonchev–Trinajstić information content (AvgIpc) is 3.03. The minimum absolute atomic E-state index is 0.0226. The average molecular weight is 335 g/mol. The van der Waals surface area contributed by atoms with Crippen molar-refractivity contribution in [2.75, 3.05) is 18.0 Å². The molecule has 0 saturated heterocycles. The molecule has 0 aliphatic heterocycles. The Balaban J connectivity index is 1.84. The Bertz CT molecular complexity index is 920. The number of fused-ring (bicyclic) bond motifs is 1. The fourth-order valence-electron chi connectivity index (χ4n) is 2.84. The van der Waals surface area contributed by atoms with Crippen molar-refractivity contribution < 1.29 is 14.3 Å². The first-order valence-electron chi connectivity index (χ1n) is 8.41. The van der Waals surface area contributed by atoms with Crippen LogP contribution in [0.25, 0.3) is 17.0 Å². The van der Waals surface area contributed by atoms with Crippen molar-refractivity contribution in [3.63, 3.8) is 0 Å². The van der Waals surface area contributed by atoms with Crippen LogP contribution in [0.4, 0.5) is 5.69 Å². The molecule has 0 fully saturated rings. The summed E-state index contributed by atoms with van der Waals surface area (Å²) < 4.78 is 5.84. The molecule has 1 aromatic heterocycles. The minimum Gasteiger partial charge on any atom is -0.507 e. The van der Waals surface area contributed by atoms with Gasteiger partial charge in [-0.05, 0) is 56.3 Å². The first-order chi connectivity index (χ1) is 12.1. The molecule has 0 saturated carbocycles. The number of benzene rings is 2. The molecule has 0 bridgehead atoms. The van der Waals surface area contributed by atoms with E-state index >= 15 is 0 Å². The van der Waals surface area contributed by atoms with Gasteiger partial charge in [0.1, 0.15) is 17.1 Å². The number of carbonyl (C=O) groups is 1. The van der Waals surface area contributed by atoms with Gasteiger partial charge < -0.3 is 14.4 Å². The zero-order chi connectivity index (χ0) is 17.8. The highest BCUT2D eigenvalue weighted by Crippen LogP contribution is 2.26. The molecule has 0 radical (unpaired) electrons. The van der Waals surface area contributed by atoms with Gasteiger partial charge in [0.05, 0.1) is 5.56 Å². The Morgan fingerprint density at radius 2 is 1.88 bits per heavy atom. The number of furan rings is 1. The molecule has 1 N–H and O–H groups in total. The molecule has 128 valence electrons. The van der Waals surface area contributed by atoms with E-state index in [0.717, 1.165) is 29.7 Å². The summed E-state index contributed by atoms with van der Waals surface area (Å²) in [6.07, 6.45) is 3.05. The van der Waals surface area contributed by atoms with Gasteiger partial charge in [-0.15, -0.1) is 0 Å². The fourth-order valence-corrected chi connectivity index (χ4v) is 2.84. The van der Waals surface area contributed by atoms with Gasteiger partial charge in [-0.1, -0.05) is 12.1 Å². The predicted octanol–water partition coefficient (Wildman–Crippen LogP) is 4.88. The number of phenolic OH excluding ortho intramolecular Hbond substituents is 1. The summed E-state index contributed by atoms with van der Waals surface area (Å²) >= 11 is 0. The Morgan fingerprint density at radius 3 is 2.60 bits per heavy atom. The number of allylic oxidation sites excluding steroid dienone is 1. The summed E-state index contributed by atoms with van der Waals surface area (Å²) in [6.45, 7) is 6.11. The van der Waals surface area contributed by atoms with E-state index in [-0.39, 0.29) is 17.1 Å². The second kappa shape index (κ2) is 7.26. The molecule has 0 aliphatic carbocycles. The number of phenols is 1. The number of hydrogen-bond acceptors (Lipinski definition) is 4. The van der Waals surface area contributed by atoms with E-state index < -0.39 is 0 Å². The lowest BCUT2D eigenvalue weighted by Gasteiger charge is -2.20. The van der Waals surface area contributed by atoms with Crippen molar-refractivity contribution in [3.05, 3.63) is 65.9 Å². The zero-order valence-electron chi connectivity index (χ0n) is 14.4. The fraction of sp³-hybridized carbons (Fsp3) is 0.190. The van der Waals surface area contributed by atoms with Crippen molar-refractivity contribution in [1.82, 2.24) is 0 Å². The lowest BCUT2D eigenvalue weighted by molar-refractivity contribution is 0.104. The highest BCUT2D eigenvalue weighted by atomic mass is 16.3. The maximum absolute atomic E-state index is 12.2. The lowest BCUT2D eigenvalue weighted by atomic mass is 10.1. The summed E-state index contributed by atoms with van der Waals surface area (Å²) in [4.78, 5) is 14.4. The number of hydrogen-bond donors (Lipinski definition) is 1. The van der Waals surface area contributed by atoms with Crippen LogP contribution in [0.5, 0.6) is 5.75 Å². The highest BCUT2D eigenvalue weighted by Gasteiger charge is 2.09. The molecule has 0 amide bonds. The molecular formula is C21H21NO3. The monoisotopic (exact) mass is 335 g/mol. The summed E-state index contributed by atoms with van der Waals surface area (Å²) in [5.74, 6) is 0.323. The van der Waals surface area contributed by atoms with Crippen LogP contribution in [-0.4, -0.2) is 24.0 Å². The van der Waals surface area contributed by atoms with E-state index in [4.69, 9.17) is 4.42 Å². The van der Waals surface area contributed by atoms with Gasteiger partial charge in [0.2, 0.25) is 0 Å². The van der Waals surface area contributed by atoms with Crippen LogP contribution in [0.2, 0.25) is 0 Å². The number of anilines is 1. The first kappa shape index (κ1) is 16.8. The maximum Gasteiger partial charge on any atom is 0.189 e. The van der Waals surface area contributed by atoms with Gasteiger partial charge in [-0.2, -0.15) is 0 Å². The second-order valence-electron chi connectivity index (χ2n) is 5.76. The summed E-state index contributed by atoms with van der Waals surface area (Å²) in [6, 6.07) is 14.5. The topological polar surface area (TPSA) is 53.7 Å². The molecule has 25 heavy (non-hydrogen) atoms. The molecule has 0 atom stereocenters. The van der Waals surface area contributed by atoms with Gasteiger partial charge >= 0.3 is 0 Å². The maximum atomic E-state index is 12.2. The zero-order valence-corrected chi connectivity index (χ0v) is 14.4.